The predicted octanol–water partition coefficient (Wildman–Crippen LogP) is 9.61. The molecule has 42 heavy (non-hydrogen) atoms. The van der Waals surface area contributed by atoms with Crippen molar-refractivity contribution in [1.29, 1.82) is 0 Å². The van der Waals surface area contributed by atoms with Gasteiger partial charge >= 0.3 is 23.1 Å². The van der Waals surface area contributed by atoms with E-state index < -0.39 is 11.9 Å². The van der Waals surface area contributed by atoms with Gasteiger partial charge in [0.05, 0.1) is 0 Å². The van der Waals surface area contributed by atoms with Crippen LogP contribution in [0.2, 0.25) is 0 Å². The standard InChI is InChI=1S/2C18H36O2.Mg.Mo/c2*1-2-3-4-5-6-7-8-9-10-11-12-13-14-15-16-17-18(19)20;;/h2*2-17H2,1H3,(H,19,20);;/q;;+2;/p-2. The number of carbonyl (C=O) groups excluding carboxylic acids is 2. The summed E-state index contributed by atoms with van der Waals surface area (Å²) in [5.41, 5.74) is 0. The molecule has 0 aromatic rings. The van der Waals surface area contributed by atoms with Crippen LogP contribution in [0.5, 0.6) is 0 Å². The van der Waals surface area contributed by atoms with Crippen molar-refractivity contribution in [1.82, 2.24) is 0 Å². The molecule has 0 aromatic heterocycles. The third-order valence-corrected chi connectivity index (χ3v) is 7.97. The van der Waals surface area contributed by atoms with E-state index in [1.807, 2.05) is 0 Å². The van der Waals surface area contributed by atoms with E-state index in [-0.39, 0.29) is 57.0 Å². The van der Waals surface area contributed by atoms with Gasteiger partial charge < -0.3 is 19.8 Å². The van der Waals surface area contributed by atoms with Gasteiger partial charge in [0.15, 0.2) is 0 Å². The molecule has 0 bridgehead atoms. The van der Waals surface area contributed by atoms with E-state index in [2.05, 4.69) is 13.8 Å². The van der Waals surface area contributed by atoms with Gasteiger partial charge in [0.2, 0.25) is 0 Å². The summed E-state index contributed by atoms with van der Waals surface area (Å²) < 4.78 is 0. The van der Waals surface area contributed by atoms with Gasteiger partial charge in [-0.05, 0) is 25.7 Å². The van der Waals surface area contributed by atoms with Gasteiger partial charge in [0.25, 0.3) is 0 Å². The van der Waals surface area contributed by atoms with Crippen molar-refractivity contribution in [2.75, 3.05) is 0 Å². The van der Waals surface area contributed by atoms with E-state index in [1.165, 1.54) is 167 Å². The maximum absolute atomic E-state index is 10.2. The number of unbranched alkanes of at least 4 members (excludes halogenated alkanes) is 28. The van der Waals surface area contributed by atoms with Crippen LogP contribution in [0.3, 0.4) is 0 Å². The Kier molecular flexibility index (Phi) is 53.8. The van der Waals surface area contributed by atoms with Crippen molar-refractivity contribution in [2.45, 2.75) is 219 Å². The molecule has 0 aromatic carbocycles. The minimum absolute atomic E-state index is 0. The van der Waals surface area contributed by atoms with Crippen LogP contribution in [-0.2, 0) is 30.7 Å². The summed E-state index contributed by atoms with van der Waals surface area (Å²) in [6.45, 7) is 4.53. The van der Waals surface area contributed by atoms with Gasteiger partial charge in [0.1, 0.15) is 0 Å². The van der Waals surface area contributed by atoms with Gasteiger partial charge in [0, 0.05) is 33.0 Å². The van der Waals surface area contributed by atoms with Crippen molar-refractivity contribution in [2.24, 2.45) is 0 Å². The second-order valence-electron chi connectivity index (χ2n) is 12.1. The molecule has 0 rings (SSSR count). The van der Waals surface area contributed by atoms with Crippen LogP contribution >= 0.6 is 0 Å². The Balaban J connectivity index is -0.000000328. The monoisotopic (exact) mass is 688 g/mol. The topological polar surface area (TPSA) is 80.3 Å². The van der Waals surface area contributed by atoms with Crippen LogP contribution in [0.4, 0.5) is 0 Å². The van der Waals surface area contributed by atoms with Crippen molar-refractivity contribution < 1.29 is 40.9 Å². The molecule has 0 saturated heterocycles. The SMILES string of the molecule is CCCCCCCCCCCCCCCCCC(=O)[O-].CCCCCCCCCCCCCCCCCC(=O)[O-].[Mg+2].[Mo]. The summed E-state index contributed by atoms with van der Waals surface area (Å²) in [5.74, 6) is -1.81. The molecule has 0 aliphatic rings. The molecule has 0 spiro atoms. The molecule has 0 atom stereocenters. The fourth-order valence-corrected chi connectivity index (χ4v) is 5.28. The van der Waals surface area contributed by atoms with Gasteiger partial charge in [-0.15, -0.1) is 0 Å². The molecule has 0 N–H and O–H groups in total. The Bertz CT molecular complexity index is 461. The fraction of sp³-hybridized carbons (Fsp3) is 0.944. The van der Waals surface area contributed by atoms with Gasteiger partial charge in [-0.3, -0.25) is 0 Å². The molecule has 0 radical (unpaired) electrons. The maximum atomic E-state index is 10.2. The first kappa shape index (κ1) is 49.3. The molecule has 0 unspecified atom stereocenters. The number of carboxylic acid groups (broad SMARTS) is 2. The number of rotatable bonds is 32. The molecule has 0 aliphatic carbocycles. The summed E-state index contributed by atoms with van der Waals surface area (Å²) in [7, 11) is 0. The summed E-state index contributed by atoms with van der Waals surface area (Å²) in [6, 6.07) is 0. The van der Waals surface area contributed by atoms with Crippen molar-refractivity contribution in [3.8, 4) is 0 Å². The van der Waals surface area contributed by atoms with Crippen LogP contribution in [0.1, 0.15) is 219 Å². The Labute approximate surface area is 293 Å². The average Bonchev–Trinajstić information content (AvgIpc) is 2.93. The largest absolute Gasteiger partial charge is 2.00 e. The zero-order valence-electron chi connectivity index (χ0n) is 28.4. The van der Waals surface area contributed by atoms with E-state index in [1.54, 1.807) is 0 Å². The Morgan fingerprint density at radius 2 is 0.476 bits per heavy atom. The number of hydrogen-bond donors (Lipinski definition) is 0. The van der Waals surface area contributed by atoms with E-state index in [4.69, 9.17) is 0 Å². The summed E-state index contributed by atoms with van der Waals surface area (Å²) >= 11 is 0. The molecular weight excluding hydrogens is 617 g/mol. The Morgan fingerprint density at radius 3 is 0.619 bits per heavy atom. The third-order valence-electron chi connectivity index (χ3n) is 7.97. The van der Waals surface area contributed by atoms with Crippen LogP contribution in [0.15, 0.2) is 0 Å². The van der Waals surface area contributed by atoms with Crippen LogP contribution in [0.25, 0.3) is 0 Å². The molecule has 0 saturated carbocycles. The first-order valence-electron chi connectivity index (χ1n) is 17.9. The average molecular weight is 687 g/mol. The molecule has 0 fully saturated rings. The molecule has 0 amide bonds. The van der Waals surface area contributed by atoms with E-state index >= 15 is 0 Å². The van der Waals surface area contributed by atoms with Crippen molar-refractivity contribution >= 4 is 35.0 Å². The van der Waals surface area contributed by atoms with E-state index in [0.29, 0.717) is 0 Å². The van der Waals surface area contributed by atoms with E-state index in [9.17, 15) is 19.8 Å². The third kappa shape index (κ3) is 53.0. The first-order chi connectivity index (χ1) is 19.5. The van der Waals surface area contributed by atoms with Gasteiger partial charge in [-0.2, -0.15) is 0 Å². The molecule has 0 aliphatic heterocycles. The van der Waals surface area contributed by atoms with E-state index in [0.717, 1.165) is 25.7 Å². The van der Waals surface area contributed by atoms with Crippen LogP contribution < -0.4 is 10.2 Å². The second kappa shape index (κ2) is 45.8. The quantitative estimate of drug-likeness (QED) is 0.0521. The number of carbonyl (C=O) groups is 2. The predicted molar refractivity (Wildman–Crippen MR) is 175 cm³/mol. The summed E-state index contributed by atoms with van der Waals surface area (Å²) in [4.78, 5) is 20.4. The molecule has 0 heterocycles. The molecule has 246 valence electrons. The normalized spacial score (nSPS) is 10.3. The molecule has 6 heteroatoms. The van der Waals surface area contributed by atoms with Crippen LogP contribution in [0, 0.1) is 0 Å². The Hall–Kier alpha value is 0.395. The van der Waals surface area contributed by atoms with Gasteiger partial charge in [-0.25, -0.2) is 0 Å². The molecule has 4 nitrogen and oxygen atoms in total. The maximum Gasteiger partial charge on any atom is 2.00 e. The van der Waals surface area contributed by atoms with Gasteiger partial charge in [-0.1, -0.05) is 194 Å². The number of aliphatic carboxylic acids is 2. The molecular formula is C36H70MgMoO4. The van der Waals surface area contributed by atoms with Crippen LogP contribution in [-0.4, -0.2) is 35.0 Å². The minimum atomic E-state index is -0.903. The zero-order valence-corrected chi connectivity index (χ0v) is 31.8. The minimum Gasteiger partial charge on any atom is -0.550 e. The zero-order chi connectivity index (χ0) is 29.8. The van der Waals surface area contributed by atoms with Crippen molar-refractivity contribution in [3.05, 3.63) is 0 Å². The van der Waals surface area contributed by atoms with Crippen molar-refractivity contribution in [3.63, 3.8) is 0 Å². The fourth-order valence-electron chi connectivity index (χ4n) is 5.28. The smallest absolute Gasteiger partial charge is 0.550 e. The summed E-state index contributed by atoms with van der Waals surface area (Å²) in [5, 5.41) is 20.4. The first-order valence-corrected chi connectivity index (χ1v) is 17.9. The summed E-state index contributed by atoms with van der Waals surface area (Å²) in [6.07, 6.45) is 39.7. The number of carboxylic acids is 2. The second-order valence-corrected chi connectivity index (χ2v) is 12.1. The number of hydrogen-bond acceptors (Lipinski definition) is 4. The Morgan fingerprint density at radius 1 is 0.333 bits per heavy atom.